The van der Waals surface area contributed by atoms with E-state index in [1.54, 1.807) is 4.31 Å². The second kappa shape index (κ2) is 7.62. The lowest BCUT2D eigenvalue weighted by atomic mass is 9.77. The number of nitrogens with zero attached hydrogens (tertiary/aromatic N) is 3. The van der Waals surface area contributed by atoms with E-state index in [2.05, 4.69) is 29.1 Å². The number of aromatic nitrogens is 1. The van der Waals surface area contributed by atoms with Crippen molar-refractivity contribution in [3.05, 3.63) is 47.1 Å². The van der Waals surface area contributed by atoms with Crippen LogP contribution in [0, 0.1) is 18.8 Å². The molecule has 5 nitrogen and oxygen atoms in total. The number of hydrogen-bond donors (Lipinski definition) is 0. The Hall–Kier alpha value is -1.28. The average Bonchev–Trinajstić information content (AvgIpc) is 3.29. The summed E-state index contributed by atoms with van der Waals surface area (Å²) in [6.07, 6.45) is 7.13. The molecule has 2 fully saturated rings. The van der Waals surface area contributed by atoms with E-state index >= 15 is 0 Å². The molecule has 0 spiro atoms. The minimum Gasteiger partial charge on any atom is -0.299 e. The molecule has 0 amide bonds. The first-order chi connectivity index (χ1) is 13.0. The number of sulfonamides is 1. The lowest BCUT2D eigenvalue weighted by molar-refractivity contribution is 0.106. The minimum atomic E-state index is -3.37. The van der Waals surface area contributed by atoms with Crippen molar-refractivity contribution >= 4 is 21.4 Å². The molecule has 0 bridgehead atoms. The first-order valence-electron chi connectivity index (χ1n) is 9.60. The van der Waals surface area contributed by atoms with Crippen molar-refractivity contribution in [3.8, 4) is 0 Å². The highest BCUT2D eigenvalue weighted by Crippen LogP contribution is 2.41. The van der Waals surface area contributed by atoms with Gasteiger partial charge in [0.05, 0.1) is 0 Å². The van der Waals surface area contributed by atoms with Crippen LogP contribution in [0.5, 0.6) is 0 Å². The summed E-state index contributed by atoms with van der Waals surface area (Å²) in [4.78, 5) is 6.51. The Morgan fingerprint density at radius 2 is 2.00 bits per heavy atom. The summed E-state index contributed by atoms with van der Waals surface area (Å²) in [5.41, 5.74) is 2.12. The molecule has 4 rings (SSSR count). The molecule has 0 aromatic carbocycles. The van der Waals surface area contributed by atoms with Gasteiger partial charge in [-0.05, 0) is 73.4 Å². The Morgan fingerprint density at radius 3 is 2.70 bits per heavy atom. The number of hydrogen-bond acceptors (Lipinski definition) is 5. The fraction of sp³-hybridized carbons (Fsp3) is 0.550. The van der Waals surface area contributed by atoms with Gasteiger partial charge in [-0.1, -0.05) is 6.42 Å². The molecule has 1 aliphatic carbocycles. The smallest absolute Gasteiger partial charge is 0.252 e. The van der Waals surface area contributed by atoms with Crippen LogP contribution in [-0.2, 0) is 16.6 Å². The highest BCUT2D eigenvalue weighted by Gasteiger charge is 2.45. The van der Waals surface area contributed by atoms with Gasteiger partial charge in [-0.3, -0.25) is 9.88 Å². The molecule has 27 heavy (non-hydrogen) atoms. The van der Waals surface area contributed by atoms with Crippen molar-refractivity contribution in [1.29, 1.82) is 0 Å². The van der Waals surface area contributed by atoms with Crippen molar-refractivity contribution in [1.82, 2.24) is 14.2 Å². The Bertz CT molecular complexity index is 882. The maximum absolute atomic E-state index is 13.1. The third kappa shape index (κ3) is 3.70. The average molecular weight is 406 g/mol. The minimum absolute atomic E-state index is 0.417. The van der Waals surface area contributed by atoms with Crippen LogP contribution >= 0.6 is 11.3 Å². The van der Waals surface area contributed by atoms with Crippen LogP contribution in [0.2, 0.25) is 0 Å². The Labute approximate surface area is 166 Å². The number of aryl methyl sites for hydroxylation is 1. The van der Waals surface area contributed by atoms with Crippen LogP contribution in [0.1, 0.15) is 30.4 Å². The van der Waals surface area contributed by atoms with E-state index in [1.807, 2.05) is 30.8 Å². The van der Waals surface area contributed by atoms with Gasteiger partial charge in [-0.2, -0.15) is 4.31 Å². The second-order valence-electron chi connectivity index (χ2n) is 7.91. The maximum atomic E-state index is 13.1. The van der Waals surface area contributed by atoms with Gasteiger partial charge in [-0.25, -0.2) is 8.42 Å². The quantitative estimate of drug-likeness (QED) is 0.765. The van der Waals surface area contributed by atoms with Gasteiger partial charge in [0.15, 0.2) is 0 Å². The first kappa shape index (κ1) is 19.1. The monoisotopic (exact) mass is 405 g/mol. The van der Waals surface area contributed by atoms with Crippen LogP contribution in [0.3, 0.4) is 0 Å². The van der Waals surface area contributed by atoms with Crippen molar-refractivity contribution in [2.24, 2.45) is 11.8 Å². The normalized spacial score (nSPS) is 26.4. The van der Waals surface area contributed by atoms with Gasteiger partial charge in [0.2, 0.25) is 0 Å². The molecule has 2 aromatic heterocycles. The summed E-state index contributed by atoms with van der Waals surface area (Å²) >= 11 is 1.34. The van der Waals surface area contributed by atoms with E-state index in [4.69, 9.17) is 0 Å². The standard InChI is InChI=1S/C20H27N3O2S2/c1-15-8-11-26-20(15)27(24,25)23-13-17-4-3-5-19(18(17)14-23)22(2)12-16-6-9-21-10-7-16/h6-11,17-19H,3-5,12-14H2,1-2H3. The van der Waals surface area contributed by atoms with Crippen molar-refractivity contribution in [2.45, 2.75) is 43.0 Å². The summed E-state index contributed by atoms with van der Waals surface area (Å²) in [6, 6.07) is 6.44. The topological polar surface area (TPSA) is 53.5 Å². The molecule has 1 saturated carbocycles. The summed E-state index contributed by atoms with van der Waals surface area (Å²) < 4.78 is 28.6. The molecule has 2 aliphatic rings. The fourth-order valence-corrected chi connectivity index (χ4v) is 7.86. The zero-order valence-electron chi connectivity index (χ0n) is 15.9. The molecular formula is C20H27N3O2S2. The van der Waals surface area contributed by atoms with E-state index < -0.39 is 10.0 Å². The first-order valence-corrected chi connectivity index (χ1v) is 11.9. The Kier molecular flexibility index (Phi) is 5.38. The molecule has 1 saturated heterocycles. The highest BCUT2D eigenvalue weighted by atomic mass is 32.2. The molecule has 3 heterocycles. The van der Waals surface area contributed by atoms with E-state index in [9.17, 15) is 8.42 Å². The zero-order chi connectivity index (χ0) is 19.0. The van der Waals surface area contributed by atoms with Crippen molar-refractivity contribution < 1.29 is 8.42 Å². The van der Waals surface area contributed by atoms with Crippen molar-refractivity contribution in [3.63, 3.8) is 0 Å². The van der Waals surface area contributed by atoms with E-state index in [0.29, 0.717) is 35.2 Å². The van der Waals surface area contributed by atoms with Gasteiger partial charge < -0.3 is 0 Å². The van der Waals surface area contributed by atoms with Gasteiger partial charge in [-0.15, -0.1) is 11.3 Å². The number of rotatable bonds is 5. The second-order valence-corrected chi connectivity index (χ2v) is 11.0. The SMILES string of the molecule is Cc1ccsc1S(=O)(=O)N1CC2CCCC(N(C)Cc3ccncc3)C2C1. The molecule has 3 unspecified atom stereocenters. The summed E-state index contributed by atoms with van der Waals surface area (Å²) in [6.45, 7) is 4.09. The third-order valence-electron chi connectivity index (χ3n) is 6.16. The fourth-order valence-electron chi connectivity index (χ4n) is 4.78. The number of thiophene rings is 1. The number of fused-ring (bicyclic) bond motifs is 1. The molecular weight excluding hydrogens is 378 g/mol. The number of pyridine rings is 1. The van der Waals surface area contributed by atoms with E-state index in [0.717, 1.165) is 24.9 Å². The highest BCUT2D eigenvalue weighted by molar-refractivity contribution is 7.91. The van der Waals surface area contributed by atoms with Crippen molar-refractivity contribution in [2.75, 3.05) is 20.1 Å². The molecule has 3 atom stereocenters. The van der Waals surface area contributed by atoms with Gasteiger partial charge in [0.25, 0.3) is 10.0 Å². The largest absolute Gasteiger partial charge is 0.299 e. The Morgan fingerprint density at radius 1 is 1.22 bits per heavy atom. The van der Waals surface area contributed by atoms with Crippen LogP contribution in [0.15, 0.2) is 40.2 Å². The molecule has 1 aliphatic heterocycles. The zero-order valence-corrected chi connectivity index (χ0v) is 17.5. The van der Waals surface area contributed by atoms with Gasteiger partial charge in [0.1, 0.15) is 4.21 Å². The predicted octanol–water partition coefficient (Wildman–Crippen LogP) is 3.37. The molecule has 0 N–H and O–H groups in total. The lowest BCUT2D eigenvalue weighted by Crippen LogP contribution is -2.43. The van der Waals surface area contributed by atoms with Crippen LogP contribution in [0.4, 0.5) is 0 Å². The summed E-state index contributed by atoms with van der Waals surface area (Å²) in [5.74, 6) is 0.888. The van der Waals surface area contributed by atoms with Crippen LogP contribution < -0.4 is 0 Å². The predicted molar refractivity (Wildman–Crippen MR) is 108 cm³/mol. The van der Waals surface area contributed by atoms with Gasteiger partial charge >= 0.3 is 0 Å². The lowest BCUT2D eigenvalue weighted by Gasteiger charge is -2.39. The van der Waals surface area contributed by atoms with E-state index in [1.165, 1.54) is 23.3 Å². The van der Waals surface area contributed by atoms with Gasteiger partial charge in [0, 0.05) is 38.1 Å². The van der Waals surface area contributed by atoms with Crippen LogP contribution in [-0.4, -0.2) is 48.8 Å². The van der Waals surface area contributed by atoms with E-state index in [-0.39, 0.29) is 0 Å². The third-order valence-corrected chi connectivity index (χ3v) is 9.66. The molecule has 7 heteroatoms. The summed E-state index contributed by atoms with van der Waals surface area (Å²) in [5, 5.41) is 1.87. The van der Waals surface area contributed by atoms with Crippen LogP contribution in [0.25, 0.3) is 0 Å². The maximum Gasteiger partial charge on any atom is 0.252 e. The Balaban J connectivity index is 1.51. The molecule has 146 valence electrons. The molecule has 0 radical (unpaired) electrons. The summed E-state index contributed by atoms with van der Waals surface area (Å²) in [7, 11) is -1.19. The molecule has 2 aromatic rings.